The highest BCUT2D eigenvalue weighted by atomic mass is 35.5. The fraction of sp³-hybridized carbons (Fsp3) is 0.200. The van der Waals surface area contributed by atoms with Crippen LogP contribution in [0.3, 0.4) is 0 Å². The molecule has 2 aromatic carbocycles. The zero-order chi connectivity index (χ0) is 23.6. The Morgan fingerprint density at radius 3 is 2.31 bits per heavy atom. The highest BCUT2D eigenvalue weighted by Crippen LogP contribution is 2.37. The number of hydrazone groups is 1. The Morgan fingerprint density at radius 1 is 1.06 bits per heavy atom. The maximum Gasteiger partial charge on any atom is 0.308 e. The molecule has 166 valence electrons. The summed E-state index contributed by atoms with van der Waals surface area (Å²) in [6.07, 6.45) is -1.17. The minimum absolute atomic E-state index is 0.00301. The van der Waals surface area contributed by atoms with E-state index in [4.69, 9.17) is 25.8 Å². The van der Waals surface area contributed by atoms with Crippen LogP contribution in [0.4, 0.5) is 5.69 Å². The Bertz CT molecular complexity index is 1160. The molecule has 1 amide bonds. The van der Waals surface area contributed by atoms with Crippen molar-refractivity contribution in [2.45, 2.75) is 27.0 Å². The maximum atomic E-state index is 12.2. The van der Waals surface area contributed by atoms with E-state index in [0.717, 1.165) is 5.01 Å². The number of nitrogens with zero attached hydrogens (tertiary/aromatic N) is 3. The molecule has 1 atom stereocenters. The van der Waals surface area contributed by atoms with Gasteiger partial charge in [0.15, 0.2) is 11.5 Å². The number of carbonyl (C=O) groups excluding carboxylic acids is 3. The fourth-order valence-corrected chi connectivity index (χ4v) is 3.05. The van der Waals surface area contributed by atoms with Crippen molar-refractivity contribution in [3.8, 4) is 11.5 Å². The van der Waals surface area contributed by atoms with Crippen molar-refractivity contribution >= 4 is 41.0 Å². The number of rotatable bonds is 5. The first kappa shape index (κ1) is 22.7. The van der Waals surface area contributed by atoms with Gasteiger partial charge < -0.3 is 14.2 Å². The third kappa shape index (κ3) is 4.83. The van der Waals surface area contributed by atoms with Crippen molar-refractivity contribution in [1.29, 1.82) is 0 Å². The summed E-state index contributed by atoms with van der Waals surface area (Å²) < 4.78 is 15.9. The van der Waals surface area contributed by atoms with Gasteiger partial charge >= 0.3 is 11.9 Å². The van der Waals surface area contributed by atoms with Gasteiger partial charge in [-0.05, 0) is 24.3 Å². The van der Waals surface area contributed by atoms with Gasteiger partial charge in [0.1, 0.15) is 0 Å². The van der Waals surface area contributed by atoms with E-state index in [2.05, 4.69) is 5.10 Å². The molecule has 1 aliphatic heterocycles. The van der Waals surface area contributed by atoms with Gasteiger partial charge in [0, 0.05) is 49.1 Å². The van der Waals surface area contributed by atoms with Gasteiger partial charge in [0.2, 0.25) is 18.0 Å². The lowest BCUT2D eigenvalue weighted by atomic mass is 10.1. The average molecular weight is 462 g/mol. The molecule has 0 fully saturated rings. The maximum absolute atomic E-state index is 12.2. The van der Waals surface area contributed by atoms with Crippen LogP contribution in [0, 0.1) is 10.1 Å². The van der Waals surface area contributed by atoms with Crippen molar-refractivity contribution in [2.75, 3.05) is 0 Å². The molecule has 0 spiro atoms. The highest BCUT2D eigenvalue weighted by Gasteiger charge is 2.35. The molecule has 32 heavy (non-hydrogen) atoms. The molecule has 0 saturated carbocycles. The second kappa shape index (κ2) is 9.02. The second-order valence-corrected chi connectivity index (χ2v) is 6.96. The summed E-state index contributed by atoms with van der Waals surface area (Å²) in [5, 5.41) is 16.4. The van der Waals surface area contributed by atoms with E-state index in [-0.39, 0.29) is 39.2 Å². The van der Waals surface area contributed by atoms with E-state index >= 15 is 0 Å². The van der Waals surface area contributed by atoms with Crippen LogP contribution in [0.5, 0.6) is 11.5 Å². The van der Waals surface area contributed by atoms with Crippen molar-refractivity contribution < 1.29 is 33.5 Å². The van der Waals surface area contributed by atoms with Crippen molar-refractivity contribution in [2.24, 2.45) is 5.10 Å². The number of hydrogen-bond acceptors (Lipinski definition) is 9. The predicted octanol–water partition coefficient (Wildman–Crippen LogP) is 3.34. The zero-order valence-corrected chi connectivity index (χ0v) is 17.8. The summed E-state index contributed by atoms with van der Waals surface area (Å²) in [5.74, 6) is -1.90. The van der Waals surface area contributed by atoms with Crippen molar-refractivity contribution in [3.05, 3.63) is 62.7 Å². The Morgan fingerprint density at radius 2 is 1.72 bits per heavy atom. The largest absolute Gasteiger partial charge is 0.446 e. The number of benzene rings is 2. The molecule has 3 rings (SSSR count). The number of ether oxygens (including phenoxy) is 3. The third-order valence-electron chi connectivity index (χ3n) is 4.12. The highest BCUT2D eigenvalue weighted by molar-refractivity contribution is 6.31. The molecular formula is C20H16ClN3O8. The average Bonchev–Trinajstić information content (AvgIpc) is 3.14. The first-order valence-corrected chi connectivity index (χ1v) is 9.44. The van der Waals surface area contributed by atoms with Gasteiger partial charge in [-0.1, -0.05) is 11.6 Å². The predicted molar refractivity (Wildman–Crippen MR) is 110 cm³/mol. The number of nitro groups is 1. The van der Waals surface area contributed by atoms with Crippen LogP contribution in [0.1, 0.15) is 38.1 Å². The smallest absolute Gasteiger partial charge is 0.308 e. The van der Waals surface area contributed by atoms with E-state index in [1.54, 1.807) is 0 Å². The summed E-state index contributed by atoms with van der Waals surface area (Å²) in [4.78, 5) is 45.4. The van der Waals surface area contributed by atoms with Crippen LogP contribution in [-0.4, -0.2) is 33.7 Å². The molecule has 0 bridgehead atoms. The number of carbonyl (C=O) groups is 3. The Kier molecular flexibility index (Phi) is 6.40. The number of esters is 2. The Balaban J connectivity index is 2.01. The molecule has 11 nitrogen and oxygen atoms in total. The Labute approximate surface area is 186 Å². The van der Waals surface area contributed by atoms with Crippen LogP contribution >= 0.6 is 11.6 Å². The monoisotopic (exact) mass is 461 g/mol. The lowest BCUT2D eigenvalue weighted by Crippen LogP contribution is -2.25. The number of halogens is 1. The molecule has 1 unspecified atom stereocenters. The van der Waals surface area contributed by atoms with E-state index in [1.165, 1.54) is 57.2 Å². The van der Waals surface area contributed by atoms with Gasteiger partial charge in [0.05, 0.1) is 4.92 Å². The van der Waals surface area contributed by atoms with Gasteiger partial charge in [-0.2, -0.15) is 5.01 Å². The summed E-state index contributed by atoms with van der Waals surface area (Å²) in [7, 11) is 0. The molecule has 0 N–H and O–H groups in total. The first-order chi connectivity index (χ1) is 15.1. The van der Waals surface area contributed by atoms with E-state index in [9.17, 15) is 24.5 Å². The molecule has 1 aliphatic rings. The number of amides is 1. The summed E-state index contributed by atoms with van der Waals surface area (Å²) in [6, 6.07) is 7.91. The summed E-state index contributed by atoms with van der Waals surface area (Å²) >= 11 is 6.20. The molecule has 0 aromatic heterocycles. The number of nitro benzene ring substituents is 1. The quantitative estimate of drug-likeness (QED) is 0.286. The minimum atomic E-state index is -1.17. The van der Waals surface area contributed by atoms with Gasteiger partial charge in [-0.3, -0.25) is 24.5 Å². The second-order valence-electron chi connectivity index (χ2n) is 6.55. The number of hydrogen-bond donors (Lipinski definition) is 0. The van der Waals surface area contributed by atoms with Crippen LogP contribution in [0.25, 0.3) is 0 Å². The fourth-order valence-electron chi connectivity index (χ4n) is 2.83. The normalized spacial score (nSPS) is 14.9. The van der Waals surface area contributed by atoms with Crippen LogP contribution in [0.2, 0.25) is 5.02 Å². The molecule has 12 heteroatoms. The lowest BCUT2D eigenvalue weighted by molar-refractivity contribution is -0.385. The van der Waals surface area contributed by atoms with E-state index in [1.807, 2.05) is 0 Å². The lowest BCUT2D eigenvalue weighted by Gasteiger charge is -2.20. The molecule has 1 heterocycles. The van der Waals surface area contributed by atoms with Crippen molar-refractivity contribution in [3.63, 3.8) is 0 Å². The topological polar surface area (TPSA) is 138 Å². The summed E-state index contributed by atoms with van der Waals surface area (Å²) in [5.41, 5.74) is 0.201. The van der Waals surface area contributed by atoms with Crippen molar-refractivity contribution in [1.82, 2.24) is 5.01 Å². The minimum Gasteiger partial charge on any atom is -0.446 e. The van der Waals surface area contributed by atoms with E-state index in [0.29, 0.717) is 0 Å². The van der Waals surface area contributed by atoms with Gasteiger partial charge in [0.25, 0.3) is 5.69 Å². The summed E-state index contributed by atoms with van der Waals surface area (Å²) in [6.45, 7) is 3.60. The molecule has 0 radical (unpaired) electrons. The standard InChI is InChI=1S/C20H16ClN3O8/c1-10(25)23-20(15-9-14(24(28)29)5-6-16(15)21)32-19(22-23)13-4-7-17(30-11(2)26)18(8-13)31-12(3)27/h4-9,20H,1-3H3. The van der Waals surface area contributed by atoms with Crippen LogP contribution in [0.15, 0.2) is 41.5 Å². The molecule has 0 saturated heterocycles. The van der Waals surface area contributed by atoms with E-state index < -0.39 is 29.0 Å². The molecule has 2 aromatic rings. The Hall–Kier alpha value is -3.99. The van der Waals surface area contributed by atoms with Gasteiger partial charge in [-0.25, -0.2) is 0 Å². The zero-order valence-electron chi connectivity index (χ0n) is 17.0. The number of non-ortho nitro benzene ring substituents is 1. The first-order valence-electron chi connectivity index (χ1n) is 9.07. The molecule has 0 aliphatic carbocycles. The third-order valence-corrected chi connectivity index (χ3v) is 4.47. The SMILES string of the molecule is CC(=O)Oc1ccc(C2=NN(C(C)=O)C(c3cc([N+](=O)[O-])ccc3Cl)O2)cc1OC(C)=O. The van der Waals surface area contributed by atoms with Gasteiger partial charge in [-0.15, -0.1) is 5.10 Å². The van der Waals surface area contributed by atoms with Crippen LogP contribution in [-0.2, 0) is 19.1 Å². The molecular weight excluding hydrogens is 446 g/mol. The van der Waals surface area contributed by atoms with Crippen LogP contribution < -0.4 is 9.47 Å².